The SMILES string of the molecule is CC(C)C[C](CC(C)C)=[Zr+2]([C]1=CC=CC1)[CH]1CCCC2C1=C1Cc3ccccc3C1=C1C=CCCC12.[Cl-].[Cl-]. The predicted molar refractivity (Wildman–Crippen MR) is 153 cm³/mol. The standard InChI is InChI=1S/C21H21.C9H18.C5H5.2ClH.Zr/c1-2-8-15-14(7-1)13-20-18-11-4-3-9-16(18)17-10-5-6-12-19(17)21(15)20;1-8(2)6-5-7-9(3)4;1-2-4-5-3-1;;;/h1-2,6-8,11-12,16-17H,3-5,9-10,13H2;8-9H,6-7H2,1-4H3;1-3H,4H2;2*1H;/q;;;;;+2/p-2. The Morgan fingerprint density at radius 1 is 0.921 bits per heavy atom. The molecule has 3 unspecified atom stereocenters. The van der Waals surface area contributed by atoms with Crippen LogP contribution in [0.5, 0.6) is 0 Å². The van der Waals surface area contributed by atoms with Crippen molar-refractivity contribution in [1.82, 2.24) is 0 Å². The number of rotatable bonds is 6. The first-order chi connectivity index (χ1) is 17.5. The fourth-order valence-electron chi connectivity index (χ4n) is 8.28. The van der Waals surface area contributed by atoms with Gasteiger partial charge in [-0.3, -0.25) is 0 Å². The topological polar surface area (TPSA) is 0 Å². The summed E-state index contributed by atoms with van der Waals surface area (Å²) in [5.41, 5.74) is 10.3. The maximum Gasteiger partial charge on any atom is -1.00 e. The van der Waals surface area contributed by atoms with E-state index in [9.17, 15) is 0 Å². The minimum absolute atomic E-state index is 0. The minimum Gasteiger partial charge on any atom is -1.00 e. The maximum absolute atomic E-state index is 2.59. The van der Waals surface area contributed by atoms with Crippen LogP contribution in [0.2, 0.25) is 3.63 Å². The van der Waals surface area contributed by atoms with E-state index in [2.05, 4.69) is 82.3 Å². The van der Waals surface area contributed by atoms with Gasteiger partial charge < -0.3 is 24.8 Å². The second-order valence-corrected chi connectivity index (χ2v) is 19.9. The van der Waals surface area contributed by atoms with Crippen LogP contribution >= 0.6 is 0 Å². The van der Waals surface area contributed by atoms with E-state index < -0.39 is 21.3 Å². The fraction of sp³-hybridized carbons (Fsp3) is 0.514. The van der Waals surface area contributed by atoms with Crippen molar-refractivity contribution in [3.8, 4) is 0 Å². The second kappa shape index (κ2) is 12.8. The third-order valence-corrected chi connectivity index (χ3v) is 18.0. The zero-order chi connectivity index (χ0) is 24.8. The summed E-state index contributed by atoms with van der Waals surface area (Å²) in [6.45, 7) is 9.85. The van der Waals surface area contributed by atoms with Crippen LogP contribution in [-0.2, 0) is 27.7 Å². The van der Waals surface area contributed by atoms with Crippen molar-refractivity contribution >= 4 is 8.78 Å². The molecule has 0 heterocycles. The molecule has 0 aliphatic heterocycles. The first kappa shape index (κ1) is 30.2. The van der Waals surface area contributed by atoms with E-state index >= 15 is 0 Å². The molecule has 0 N–H and O–H groups in total. The number of allylic oxidation sites excluding steroid dienone is 10. The summed E-state index contributed by atoms with van der Waals surface area (Å²) in [7, 11) is 0. The van der Waals surface area contributed by atoms with Crippen LogP contribution < -0.4 is 24.8 Å². The van der Waals surface area contributed by atoms with E-state index in [4.69, 9.17) is 0 Å². The van der Waals surface area contributed by atoms with Crippen LogP contribution in [0, 0.1) is 23.7 Å². The van der Waals surface area contributed by atoms with Crippen molar-refractivity contribution in [3.63, 3.8) is 0 Å². The van der Waals surface area contributed by atoms with Crippen molar-refractivity contribution in [2.75, 3.05) is 0 Å². The Morgan fingerprint density at radius 3 is 2.39 bits per heavy atom. The molecular weight excluding hydrogens is 583 g/mol. The van der Waals surface area contributed by atoms with Gasteiger partial charge in [-0.15, -0.1) is 0 Å². The summed E-state index contributed by atoms with van der Waals surface area (Å²) in [6, 6.07) is 9.39. The minimum atomic E-state index is -2.06. The van der Waals surface area contributed by atoms with E-state index in [0.29, 0.717) is 0 Å². The van der Waals surface area contributed by atoms with Crippen LogP contribution in [0.25, 0.3) is 5.57 Å². The van der Waals surface area contributed by atoms with Crippen molar-refractivity contribution in [2.24, 2.45) is 23.7 Å². The Morgan fingerprint density at radius 2 is 1.68 bits per heavy atom. The van der Waals surface area contributed by atoms with Gasteiger partial charge >= 0.3 is 229 Å². The van der Waals surface area contributed by atoms with E-state index in [1.54, 1.807) is 27.8 Å². The van der Waals surface area contributed by atoms with Crippen LogP contribution in [-0.4, -0.2) is 3.21 Å². The van der Waals surface area contributed by atoms with Crippen LogP contribution in [0.1, 0.15) is 90.2 Å². The average Bonchev–Trinajstić information content (AvgIpc) is 3.52. The first-order valence-electron chi connectivity index (χ1n) is 14.8. The van der Waals surface area contributed by atoms with Gasteiger partial charge in [0, 0.05) is 0 Å². The van der Waals surface area contributed by atoms with Crippen molar-refractivity contribution in [2.45, 2.75) is 89.1 Å². The van der Waals surface area contributed by atoms with Gasteiger partial charge in [-0.1, -0.05) is 0 Å². The van der Waals surface area contributed by atoms with Gasteiger partial charge in [-0.25, -0.2) is 0 Å². The Balaban J connectivity index is 0.00000168. The maximum atomic E-state index is 2.59. The average molecular weight is 627 g/mol. The molecule has 0 spiro atoms. The molecule has 1 aromatic carbocycles. The largest absolute Gasteiger partial charge is 1.00 e. The molecule has 6 rings (SSSR count). The van der Waals surface area contributed by atoms with E-state index in [0.717, 1.165) is 27.3 Å². The van der Waals surface area contributed by atoms with E-state index in [1.165, 1.54) is 57.8 Å². The molecule has 3 heteroatoms. The summed E-state index contributed by atoms with van der Waals surface area (Å²) in [4.78, 5) is 0. The molecule has 1 fully saturated rings. The number of fused-ring (bicyclic) bond motifs is 6. The summed E-state index contributed by atoms with van der Waals surface area (Å²) >= 11 is -2.06. The quantitative estimate of drug-likeness (QED) is 0.453. The number of halogens is 2. The molecule has 0 nitrogen and oxygen atoms in total. The number of hydrogen-bond donors (Lipinski definition) is 0. The van der Waals surface area contributed by atoms with Crippen molar-refractivity contribution < 1.29 is 46.1 Å². The van der Waals surface area contributed by atoms with Gasteiger partial charge in [0.15, 0.2) is 0 Å². The smallest absolute Gasteiger partial charge is 1.00 e. The summed E-state index contributed by atoms with van der Waals surface area (Å²) in [5.74, 6) is 3.11. The number of hydrogen-bond acceptors (Lipinski definition) is 0. The molecule has 0 saturated heterocycles. The van der Waals surface area contributed by atoms with Gasteiger partial charge in [0.05, 0.1) is 0 Å². The molecule has 0 amide bonds. The molecule has 5 aliphatic rings. The normalized spacial score (nSPS) is 24.7. The Labute approximate surface area is 251 Å². The molecule has 38 heavy (non-hydrogen) atoms. The van der Waals surface area contributed by atoms with Crippen LogP contribution in [0.3, 0.4) is 0 Å². The summed E-state index contributed by atoms with van der Waals surface area (Å²) in [5, 5.41) is 0. The molecule has 0 aromatic heterocycles. The Kier molecular flexibility index (Phi) is 10.2. The zero-order valence-corrected chi connectivity index (χ0v) is 27.7. The molecule has 1 aromatic rings. The molecule has 1 saturated carbocycles. The summed E-state index contributed by atoms with van der Waals surface area (Å²) in [6.07, 6.45) is 24.6. The third kappa shape index (κ3) is 5.56. The molecule has 3 atom stereocenters. The zero-order valence-electron chi connectivity index (χ0n) is 23.7. The van der Waals surface area contributed by atoms with E-state index in [1.807, 2.05) is 12.1 Å². The van der Waals surface area contributed by atoms with Gasteiger partial charge in [-0.2, -0.15) is 0 Å². The van der Waals surface area contributed by atoms with Gasteiger partial charge in [-0.05, 0) is 0 Å². The molecule has 0 bridgehead atoms. The van der Waals surface area contributed by atoms with Crippen molar-refractivity contribution in [1.29, 1.82) is 0 Å². The molecule has 5 aliphatic carbocycles. The fourth-order valence-corrected chi connectivity index (χ4v) is 19.2. The van der Waals surface area contributed by atoms with Gasteiger partial charge in [0.25, 0.3) is 0 Å². The van der Waals surface area contributed by atoms with Crippen LogP contribution in [0.15, 0.2) is 74.6 Å². The first-order valence-corrected chi connectivity index (χ1v) is 18.7. The summed E-state index contributed by atoms with van der Waals surface area (Å²) < 4.78 is 4.84. The van der Waals surface area contributed by atoms with Gasteiger partial charge in [0.2, 0.25) is 0 Å². The van der Waals surface area contributed by atoms with Crippen molar-refractivity contribution in [3.05, 3.63) is 85.8 Å². The molecular formula is C35H44Cl2Zr. The van der Waals surface area contributed by atoms with Gasteiger partial charge in [0.1, 0.15) is 0 Å². The van der Waals surface area contributed by atoms with E-state index in [-0.39, 0.29) is 24.8 Å². The van der Waals surface area contributed by atoms with Crippen LogP contribution in [0.4, 0.5) is 0 Å². The molecule has 202 valence electrons. The third-order valence-electron chi connectivity index (χ3n) is 9.36. The monoisotopic (exact) mass is 624 g/mol. The second-order valence-electron chi connectivity index (χ2n) is 12.8. The predicted octanol–water partition coefficient (Wildman–Crippen LogP) is 3.60. The number of benzene rings is 1. The Hall–Kier alpha value is -0.747. The Bertz CT molecular complexity index is 1220. The molecule has 0 radical (unpaired) electrons.